The Morgan fingerprint density at radius 2 is 1.59 bits per heavy atom. The molecule has 0 aromatic heterocycles. The van der Waals surface area contributed by atoms with Crippen LogP contribution in [-0.2, 0) is 19.1 Å². The van der Waals surface area contributed by atoms with Crippen molar-refractivity contribution in [2.45, 2.75) is 124 Å². The Morgan fingerprint density at radius 1 is 0.974 bits per heavy atom. The van der Waals surface area contributed by atoms with Crippen LogP contribution in [0, 0.1) is 13.8 Å². The Balaban J connectivity index is 3.62. The van der Waals surface area contributed by atoms with Crippen LogP contribution in [0.25, 0.3) is 0 Å². The van der Waals surface area contributed by atoms with Gasteiger partial charge in [-0.2, -0.15) is 0 Å². The molecule has 9 nitrogen and oxygen atoms in total. The van der Waals surface area contributed by atoms with E-state index in [2.05, 4.69) is 24.5 Å². The van der Waals surface area contributed by atoms with E-state index in [9.17, 15) is 19.2 Å². The van der Waals surface area contributed by atoms with E-state index in [-0.39, 0.29) is 24.8 Å². The molecule has 0 aliphatic rings. The van der Waals surface area contributed by atoms with Crippen molar-refractivity contribution in [2.75, 3.05) is 6.54 Å². The van der Waals surface area contributed by atoms with Crippen molar-refractivity contribution in [2.24, 2.45) is 5.73 Å². The van der Waals surface area contributed by atoms with Gasteiger partial charge in [0.2, 0.25) is 17.7 Å². The van der Waals surface area contributed by atoms with Gasteiger partial charge in [0.05, 0.1) is 0 Å². The molecule has 0 aliphatic heterocycles. The van der Waals surface area contributed by atoms with Gasteiger partial charge in [-0.05, 0) is 77.5 Å². The van der Waals surface area contributed by atoms with Gasteiger partial charge in [0.15, 0.2) is 0 Å². The highest BCUT2D eigenvalue weighted by Crippen LogP contribution is 2.30. The number of carbonyl (C=O) groups excluding carboxylic acids is 4. The quantitative estimate of drug-likeness (QED) is 0.271. The van der Waals surface area contributed by atoms with E-state index in [0.717, 1.165) is 42.4 Å². The molecule has 9 heteroatoms. The van der Waals surface area contributed by atoms with Crippen molar-refractivity contribution in [1.29, 1.82) is 0 Å². The molecule has 0 fully saturated rings. The molecule has 0 radical (unpaired) electrons. The molecule has 39 heavy (non-hydrogen) atoms. The third kappa shape index (κ3) is 11.7. The largest absolute Gasteiger partial charge is 0.444 e. The molecule has 220 valence electrons. The molecule has 3 unspecified atom stereocenters. The summed E-state index contributed by atoms with van der Waals surface area (Å²) in [4.78, 5) is 54.1. The molecular weight excluding hydrogens is 496 g/mol. The summed E-state index contributed by atoms with van der Waals surface area (Å²) < 4.78 is 5.40. The average molecular weight is 547 g/mol. The minimum Gasteiger partial charge on any atom is -0.444 e. The second-order valence-corrected chi connectivity index (χ2v) is 11.3. The van der Waals surface area contributed by atoms with E-state index >= 15 is 0 Å². The van der Waals surface area contributed by atoms with Gasteiger partial charge in [-0.1, -0.05) is 51.3 Å². The summed E-state index contributed by atoms with van der Waals surface area (Å²) in [7, 11) is 0. The van der Waals surface area contributed by atoms with Crippen molar-refractivity contribution in [3.8, 4) is 0 Å². The molecule has 0 saturated heterocycles. The SMILES string of the molecule is CCCCCN(C(=O)C(CCC(N)=O)NC(=O)OC(C)(C)C)C(C(=O)NC(C)CCC)c1c(C)cccc1C. The van der Waals surface area contributed by atoms with Gasteiger partial charge in [-0.15, -0.1) is 0 Å². The molecule has 0 bridgehead atoms. The van der Waals surface area contributed by atoms with Crippen LogP contribution in [0.2, 0.25) is 0 Å². The number of unbranched alkanes of at least 4 members (excludes halogenated alkanes) is 2. The van der Waals surface area contributed by atoms with Gasteiger partial charge in [0.25, 0.3) is 0 Å². The third-order valence-corrected chi connectivity index (χ3v) is 6.44. The first kappa shape index (κ1) is 33.9. The van der Waals surface area contributed by atoms with E-state index in [1.165, 1.54) is 0 Å². The van der Waals surface area contributed by atoms with Crippen molar-refractivity contribution < 1.29 is 23.9 Å². The van der Waals surface area contributed by atoms with E-state index in [1.54, 1.807) is 25.7 Å². The summed E-state index contributed by atoms with van der Waals surface area (Å²) in [6.45, 7) is 15.4. The van der Waals surface area contributed by atoms with Crippen LogP contribution < -0.4 is 16.4 Å². The van der Waals surface area contributed by atoms with Gasteiger partial charge >= 0.3 is 6.09 Å². The normalized spacial score (nSPS) is 13.6. The van der Waals surface area contributed by atoms with Crippen molar-refractivity contribution >= 4 is 23.8 Å². The molecule has 0 heterocycles. The molecule has 4 N–H and O–H groups in total. The van der Waals surface area contributed by atoms with Crippen LogP contribution in [0.1, 0.15) is 109 Å². The standard InChI is InChI=1S/C30H50N4O5/c1-9-11-12-19-34(28(37)23(17-18-24(31)35)33-29(38)39-30(6,7)8)26(27(36)32-22(5)14-10-2)25-20(3)15-13-16-21(25)4/h13,15-16,22-23,26H,9-12,14,17-19H2,1-8H3,(H2,31,35)(H,32,36)(H,33,38). The predicted molar refractivity (Wildman–Crippen MR) is 154 cm³/mol. The summed E-state index contributed by atoms with van der Waals surface area (Å²) >= 11 is 0. The number of carbonyl (C=O) groups is 4. The lowest BCUT2D eigenvalue weighted by Crippen LogP contribution is -2.54. The smallest absolute Gasteiger partial charge is 0.408 e. The minimum atomic E-state index is -1.10. The zero-order chi connectivity index (χ0) is 29.8. The number of aryl methyl sites for hydroxylation is 2. The van der Waals surface area contributed by atoms with Crippen LogP contribution in [0.4, 0.5) is 4.79 Å². The lowest BCUT2D eigenvalue weighted by atomic mass is 9.93. The summed E-state index contributed by atoms with van der Waals surface area (Å²) in [5.41, 5.74) is 7.16. The predicted octanol–water partition coefficient (Wildman–Crippen LogP) is 4.83. The number of nitrogens with two attached hydrogens (primary N) is 1. The fraction of sp³-hybridized carbons (Fsp3) is 0.667. The number of ether oxygens (including phenoxy) is 1. The molecule has 0 spiro atoms. The maximum atomic E-state index is 14.2. The van der Waals surface area contributed by atoms with E-state index in [1.807, 2.05) is 39.0 Å². The number of primary amides is 1. The maximum absolute atomic E-state index is 14.2. The Morgan fingerprint density at radius 3 is 2.10 bits per heavy atom. The molecular formula is C30H50N4O5. The fourth-order valence-electron chi connectivity index (χ4n) is 4.61. The molecule has 1 aromatic carbocycles. The maximum Gasteiger partial charge on any atom is 0.408 e. The van der Waals surface area contributed by atoms with Gasteiger partial charge < -0.3 is 26.0 Å². The molecule has 0 aliphatic carbocycles. The van der Waals surface area contributed by atoms with Crippen LogP contribution in [0.5, 0.6) is 0 Å². The number of nitrogens with zero attached hydrogens (tertiary/aromatic N) is 1. The third-order valence-electron chi connectivity index (χ3n) is 6.44. The van der Waals surface area contributed by atoms with Crippen LogP contribution in [0.3, 0.4) is 0 Å². The fourth-order valence-corrected chi connectivity index (χ4v) is 4.61. The van der Waals surface area contributed by atoms with E-state index in [0.29, 0.717) is 13.0 Å². The summed E-state index contributed by atoms with van der Waals surface area (Å²) in [6.07, 6.45) is 3.28. The molecule has 1 rings (SSSR count). The molecule has 1 aromatic rings. The number of amides is 4. The molecule has 3 atom stereocenters. The lowest BCUT2D eigenvalue weighted by Gasteiger charge is -2.36. The van der Waals surface area contributed by atoms with Gasteiger partial charge in [0.1, 0.15) is 17.7 Å². The number of hydrogen-bond acceptors (Lipinski definition) is 5. The number of nitrogens with one attached hydrogen (secondary N) is 2. The molecule has 4 amide bonds. The first-order valence-electron chi connectivity index (χ1n) is 14.2. The number of hydrogen-bond donors (Lipinski definition) is 3. The lowest BCUT2D eigenvalue weighted by molar-refractivity contribution is -0.143. The first-order chi connectivity index (χ1) is 18.2. The Hall–Kier alpha value is -3.10. The average Bonchev–Trinajstić information content (AvgIpc) is 2.81. The van der Waals surface area contributed by atoms with Gasteiger partial charge in [-0.25, -0.2) is 4.79 Å². The van der Waals surface area contributed by atoms with Gasteiger partial charge in [-0.3, -0.25) is 14.4 Å². The monoisotopic (exact) mass is 546 g/mol. The number of benzene rings is 1. The highest BCUT2D eigenvalue weighted by atomic mass is 16.6. The van der Waals surface area contributed by atoms with Crippen molar-refractivity contribution in [3.63, 3.8) is 0 Å². The zero-order valence-electron chi connectivity index (χ0n) is 25.2. The second kappa shape index (κ2) is 16.1. The van der Waals surface area contributed by atoms with Crippen molar-refractivity contribution in [1.82, 2.24) is 15.5 Å². The second-order valence-electron chi connectivity index (χ2n) is 11.3. The van der Waals surface area contributed by atoms with Crippen LogP contribution >= 0.6 is 0 Å². The summed E-state index contributed by atoms with van der Waals surface area (Å²) in [5.74, 6) is -1.32. The number of alkyl carbamates (subject to hydrolysis) is 1. The topological polar surface area (TPSA) is 131 Å². The van der Waals surface area contributed by atoms with Crippen molar-refractivity contribution in [3.05, 3.63) is 34.9 Å². The Labute approximate surface area is 234 Å². The highest BCUT2D eigenvalue weighted by Gasteiger charge is 2.37. The Bertz CT molecular complexity index is 952. The molecule has 0 saturated carbocycles. The summed E-state index contributed by atoms with van der Waals surface area (Å²) in [5, 5.41) is 5.74. The van der Waals surface area contributed by atoms with E-state index < -0.39 is 35.6 Å². The summed E-state index contributed by atoms with van der Waals surface area (Å²) in [6, 6.07) is 3.69. The first-order valence-corrected chi connectivity index (χ1v) is 14.2. The zero-order valence-corrected chi connectivity index (χ0v) is 25.2. The minimum absolute atomic E-state index is 0.00891. The van der Waals surface area contributed by atoms with E-state index in [4.69, 9.17) is 10.5 Å². The van der Waals surface area contributed by atoms with Crippen LogP contribution in [0.15, 0.2) is 18.2 Å². The highest BCUT2D eigenvalue weighted by molar-refractivity contribution is 5.93. The Kier molecular flexibility index (Phi) is 14.0. The number of rotatable bonds is 15. The van der Waals surface area contributed by atoms with Gasteiger partial charge in [0, 0.05) is 19.0 Å². The van der Waals surface area contributed by atoms with Crippen LogP contribution in [-0.4, -0.2) is 52.9 Å².